The minimum Gasteiger partial charge on any atom is -0.248 e. The van der Waals surface area contributed by atoms with Gasteiger partial charge in [-0.05, 0) is 84.3 Å². The first kappa shape index (κ1) is 33.2. The summed E-state index contributed by atoms with van der Waals surface area (Å²) < 4.78 is 2.65. The monoisotopic (exact) mass is 741 g/mol. The quantitative estimate of drug-likeness (QED) is 0.165. The van der Waals surface area contributed by atoms with Gasteiger partial charge >= 0.3 is 0 Å². The molecule has 0 fully saturated rings. The molecule has 11 rings (SSSR count). The normalized spacial score (nSPS) is 11.5. The lowest BCUT2D eigenvalue weighted by molar-refractivity contribution is 1.32. The van der Waals surface area contributed by atoms with Crippen molar-refractivity contribution in [2.45, 2.75) is 0 Å². The van der Waals surface area contributed by atoms with Crippen molar-refractivity contribution >= 4 is 53.1 Å². The fraction of sp³-hybridized carbons (Fsp3) is 0. The van der Waals surface area contributed by atoms with Crippen LogP contribution in [0.25, 0.3) is 109 Å². The molecule has 0 atom stereocenters. The second-order valence-electron chi connectivity index (χ2n) is 14.7. The second-order valence-corrected chi connectivity index (χ2v) is 15.7. The molecule has 0 aliphatic rings. The van der Waals surface area contributed by atoms with Gasteiger partial charge in [-0.15, -0.1) is 11.3 Å². The van der Waals surface area contributed by atoms with E-state index in [0.717, 1.165) is 33.6 Å². The number of benzene rings is 9. The van der Waals surface area contributed by atoms with E-state index >= 15 is 0 Å². The maximum Gasteiger partial charge on any atom is 0.0715 e. The molecule has 0 radical (unpaired) electrons. The van der Waals surface area contributed by atoms with Crippen molar-refractivity contribution in [1.82, 2.24) is 4.98 Å². The highest BCUT2D eigenvalue weighted by molar-refractivity contribution is 7.26. The van der Waals surface area contributed by atoms with Crippen molar-refractivity contribution in [2.24, 2.45) is 0 Å². The van der Waals surface area contributed by atoms with E-state index in [2.05, 4.69) is 212 Å². The Labute approximate surface area is 335 Å². The molecule has 0 spiro atoms. The van der Waals surface area contributed by atoms with E-state index in [0.29, 0.717) is 0 Å². The number of thiophene rings is 1. The van der Waals surface area contributed by atoms with Crippen LogP contribution >= 0.6 is 11.3 Å². The first-order valence-corrected chi connectivity index (χ1v) is 20.3. The number of pyridine rings is 1. The molecule has 0 amide bonds. The van der Waals surface area contributed by atoms with E-state index < -0.39 is 0 Å². The standard InChI is InChI=1S/C55H35NS/c1-3-14-45-37(10-1)12-7-17-47(45)39-24-22-36(23-25-39)44-34-52(42-30-26-40(27-31-42)48-18-8-13-38-11-2-4-15-46(38)48)56-53(35-44)43-32-28-41(29-33-43)49-19-9-20-51-50-16-5-6-21-54(50)57-55(49)51/h1-35H. The van der Waals surface area contributed by atoms with Crippen molar-refractivity contribution in [3.05, 3.63) is 212 Å². The molecule has 0 N–H and O–H groups in total. The number of nitrogens with zero attached hydrogens (tertiary/aromatic N) is 1. The van der Waals surface area contributed by atoms with Gasteiger partial charge < -0.3 is 0 Å². The van der Waals surface area contributed by atoms with Crippen molar-refractivity contribution in [3.8, 4) is 67.0 Å². The van der Waals surface area contributed by atoms with Crippen LogP contribution in [0, 0.1) is 0 Å². The van der Waals surface area contributed by atoms with Gasteiger partial charge in [0.1, 0.15) is 0 Å². The minimum atomic E-state index is 0.948. The van der Waals surface area contributed by atoms with E-state index in [1.165, 1.54) is 75.1 Å². The summed E-state index contributed by atoms with van der Waals surface area (Å²) in [4.78, 5) is 5.33. The van der Waals surface area contributed by atoms with Crippen LogP contribution in [0.3, 0.4) is 0 Å². The molecule has 2 heteroatoms. The number of fused-ring (bicyclic) bond motifs is 5. The van der Waals surface area contributed by atoms with E-state index in [4.69, 9.17) is 4.98 Å². The first-order valence-electron chi connectivity index (χ1n) is 19.4. The first-order chi connectivity index (χ1) is 28.2. The van der Waals surface area contributed by atoms with Crippen LogP contribution in [0.15, 0.2) is 212 Å². The van der Waals surface area contributed by atoms with Crippen LogP contribution in [0.2, 0.25) is 0 Å². The van der Waals surface area contributed by atoms with Crippen LogP contribution in [0.1, 0.15) is 0 Å². The number of hydrogen-bond acceptors (Lipinski definition) is 2. The number of rotatable bonds is 6. The molecular formula is C55H35NS. The zero-order chi connectivity index (χ0) is 37.7. The summed E-state index contributed by atoms with van der Waals surface area (Å²) in [6.07, 6.45) is 0. The molecular weight excluding hydrogens is 707 g/mol. The summed E-state index contributed by atoms with van der Waals surface area (Å²) >= 11 is 1.87. The van der Waals surface area contributed by atoms with E-state index in [9.17, 15) is 0 Å². The highest BCUT2D eigenvalue weighted by Crippen LogP contribution is 2.41. The smallest absolute Gasteiger partial charge is 0.0715 e. The molecule has 0 aliphatic carbocycles. The Balaban J connectivity index is 0.997. The molecule has 0 unspecified atom stereocenters. The van der Waals surface area contributed by atoms with Gasteiger partial charge in [0.05, 0.1) is 11.4 Å². The summed E-state index contributed by atoms with van der Waals surface area (Å²) in [6, 6.07) is 76.9. The third-order valence-corrected chi connectivity index (χ3v) is 12.5. The van der Waals surface area contributed by atoms with Crippen molar-refractivity contribution in [1.29, 1.82) is 0 Å². The van der Waals surface area contributed by atoms with Gasteiger partial charge in [-0.25, -0.2) is 4.98 Å². The van der Waals surface area contributed by atoms with Crippen molar-refractivity contribution in [3.63, 3.8) is 0 Å². The van der Waals surface area contributed by atoms with Gasteiger partial charge in [0.15, 0.2) is 0 Å². The highest BCUT2D eigenvalue weighted by atomic mass is 32.1. The summed E-state index contributed by atoms with van der Waals surface area (Å²) in [5, 5.41) is 7.65. The van der Waals surface area contributed by atoms with E-state index in [1.54, 1.807) is 0 Å². The zero-order valence-corrected chi connectivity index (χ0v) is 31.9. The van der Waals surface area contributed by atoms with Gasteiger partial charge in [0.2, 0.25) is 0 Å². The molecule has 0 saturated heterocycles. The fourth-order valence-electron chi connectivity index (χ4n) is 8.41. The molecule has 11 aromatic rings. The van der Waals surface area contributed by atoms with Gasteiger partial charge in [0.25, 0.3) is 0 Å². The maximum absolute atomic E-state index is 5.33. The predicted molar refractivity (Wildman–Crippen MR) is 245 cm³/mol. The summed E-state index contributed by atoms with van der Waals surface area (Å²) in [7, 11) is 0. The van der Waals surface area contributed by atoms with Gasteiger partial charge in [-0.1, -0.05) is 194 Å². The molecule has 9 aromatic carbocycles. The molecule has 2 heterocycles. The summed E-state index contributed by atoms with van der Waals surface area (Å²) in [5.74, 6) is 0. The van der Waals surface area contributed by atoms with Gasteiger partial charge in [-0.3, -0.25) is 0 Å². The Bertz CT molecular complexity index is 3110. The third-order valence-electron chi connectivity index (χ3n) is 11.3. The Morgan fingerprint density at radius 1 is 0.281 bits per heavy atom. The van der Waals surface area contributed by atoms with Crippen LogP contribution < -0.4 is 0 Å². The zero-order valence-electron chi connectivity index (χ0n) is 31.1. The third kappa shape index (κ3) is 5.99. The molecule has 1 nitrogen and oxygen atoms in total. The fourth-order valence-corrected chi connectivity index (χ4v) is 9.64. The average molecular weight is 742 g/mol. The lowest BCUT2D eigenvalue weighted by Crippen LogP contribution is -1.92. The van der Waals surface area contributed by atoms with Crippen LogP contribution in [-0.4, -0.2) is 4.98 Å². The lowest BCUT2D eigenvalue weighted by Gasteiger charge is -2.13. The van der Waals surface area contributed by atoms with Crippen LogP contribution in [-0.2, 0) is 0 Å². The summed E-state index contributed by atoms with van der Waals surface area (Å²) in [6.45, 7) is 0. The van der Waals surface area contributed by atoms with Crippen molar-refractivity contribution in [2.75, 3.05) is 0 Å². The largest absolute Gasteiger partial charge is 0.248 e. The van der Waals surface area contributed by atoms with Crippen LogP contribution in [0.4, 0.5) is 0 Å². The molecule has 266 valence electrons. The minimum absolute atomic E-state index is 0.948. The van der Waals surface area contributed by atoms with E-state index in [-0.39, 0.29) is 0 Å². The molecule has 0 aliphatic heterocycles. The SMILES string of the molecule is c1ccc2c(-c3ccc(-c4cc(-c5ccc(-c6cccc7ccccc67)cc5)nc(-c5ccc(-c6cccc7c6sc6ccccc67)cc5)c4)cc3)cccc2c1. The van der Waals surface area contributed by atoms with Crippen molar-refractivity contribution < 1.29 is 0 Å². The number of hydrogen-bond donors (Lipinski definition) is 0. The van der Waals surface area contributed by atoms with Crippen LogP contribution in [0.5, 0.6) is 0 Å². The second kappa shape index (κ2) is 13.9. The Kier molecular flexibility index (Phi) is 8.08. The van der Waals surface area contributed by atoms with E-state index in [1.807, 2.05) is 11.3 Å². The Morgan fingerprint density at radius 3 is 1.26 bits per heavy atom. The van der Waals surface area contributed by atoms with Gasteiger partial charge in [-0.2, -0.15) is 0 Å². The molecule has 57 heavy (non-hydrogen) atoms. The molecule has 0 bridgehead atoms. The molecule has 0 saturated carbocycles. The average Bonchev–Trinajstić information content (AvgIpc) is 3.68. The Hall–Kier alpha value is -7.13. The Morgan fingerprint density at radius 2 is 0.684 bits per heavy atom. The highest BCUT2D eigenvalue weighted by Gasteiger charge is 2.14. The lowest BCUT2D eigenvalue weighted by atomic mass is 9.94. The number of aromatic nitrogens is 1. The maximum atomic E-state index is 5.33. The summed E-state index contributed by atoms with van der Waals surface area (Å²) in [5.41, 5.74) is 13.7. The molecule has 2 aromatic heterocycles. The van der Waals surface area contributed by atoms with Gasteiger partial charge in [0, 0.05) is 31.3 Å². The predicted octanol–water partition coefficient (Wildman–Crippen LogP) is 15.8. The topological polar surface area (TPSA) is 12.9 Å².